The van der Waals surface area contributed by atoms with Crippen LogP contribution in [0, 0.1) is 20.8 Å². The Labute approximate surface area is 208 Å². The van der Waals surface area contributed by atoms with E-state index >= 15 is 0 Å². The highest BCUT2D eigenvalue weighted by atomic mass is 32.2. The predicted molar refractivity (Wildman–Crippen MR) is 139 cm³/mol. The molecule has 0 radical (unpaired) electrons. The van der Waals surface area contributed by atoms with Gasteiger partial charge in [-0.3, -0.25) is 9.52 Å². The monoisotopic (exact) mass is 509 g/mol. The first kappa shape index (κ1) is 24.8. The van der Waals surface area contributed by atoms with E-state index in [0.717, 1.165) is 15.8 Å². The molecule has 0 saturated carbocycles. The zero-order chi connectivity index (χ0) is 25.2. The van der Waals surface area contributed by atoms with Crippen molar-refractivity contribution in [3.05, 3.63) is 87.7 Å². The fourth-order valence-electron chi connectivity index (χ4n) is 3.57. The molecule has 9 heteroatoms. The summed E-state index contributed by atoms with van der Waals surface area (Å²) >= 11 is 1.46. The van der Waals surface area contributed by atoms with Gasteiger partial charge < -0.3 is 9.30 Å². The van der Waals surface area contributed by atoms with Gasteiger partial charge in [0.1, 0.15) is 0 Å². The molecule has 4 aromatic rings. The zero-order valence-corrected chi connectivity index (χ0v) is 21.7. The van der Waals surface area contributed by atoms with Crippen LogP contribution in [0.2, 0.25) is 0 Å². The van der Waals surface area contributed by atoms with Gasteiger partial charge in [-0.15, -0.1) is 0 Å². The summed E-state index contributed by atoms with van der Waals surface area (Å²) in [5.74, 6) is -0.399. The molecule has 1 N–H and O–H groups in total. The summed E-state index contributed by atoms with van der Waals surface area (Å²) in [4.78, 5) is 18.1. The number of thiazole rings is 1. The summed E-state index contributed by atoms with van der Waals surface area (Å²) in [6.07, 6.45) is 0. The summed E-state index contributed by atoms with van der Waals surface area (Å²) in [5.41, 5.74) is 5.07. The molecule has 35 heavy (non-hydrogen) atoms. The van der Waals surface area contributed by atoms with Crippen LogP contribution in [-0.2, 0) is 21.3 Å². The van der Waals surface area contributed by atoms with Crippen molar-refractivity contribution in [2.45, 2.75) is 32.2 Å². The maximum absolute atomic E-state index is 13.0. The SMILES string of the molecule is COCCn1c(=NC(=O)c2ccc(NS(=O)(=O)c3ccc(C)cc3)cc2)sc2cc(C)c(C)cc21. The number of nitrogens with zero attached hydrogens (tertiary/aromatic N) is 2. The Bertz CT molecular complexity index is 1550. The number of sulfonamides is 1. The van der Waals surface area contributed by atoms with Crippen molar-refractivity contribution < 1.29 is 17.9 Å². The molecule has 0 spiro atoms. The van der Waals surface area contributed by atoms with E-state index in [4.69, 9.17) is 4.74 Å². The van der Waals surface area contributed by atoms with Crippen LogP contribution in [-0.4, -0.2) is 32.6 Å². The van der Waals surface area contributed by atoms with E-state index in [1.165, 1.54) is 22.5 Å². The van der Waals surface area contributed by atoms with Crippen molar-refractivity contribution >= 4 is 43.2 Å². The maximum atomic E-state index is 13.0. The smallest absolute Gasteiger partial charge is 0.279 e. The number of benzene rings is 3. The van der Waals surface area contributed by atoms with Gasteiger partial charge in [-0.2, -0.15) is 4.99 Å². The Balaban J connectivity index is 1.61. The molecular weight excluding hydrogens is 482 g/mol. The van der Waals surface area contributed by atoms with Crippen molar-refractivity contribution in [3.63, 3.8) is 0 Å². The Kier molecular flexibility index (Phi) is 7.20. The minimum absolute atomic E-state index is 0.175. The molecule has 0 atom stereocenters. The van der Waals surface area contributed by atoms with E-state index in [1.807, 2.05) is 11.5 Å². The van der Waals surface area contributed by atoms with Gasteiger partial charge >= 0.3 is 0 Å². The van der Waals surface area contributed by atoms with E-state index in [2.05, 4.69) is 35.7 Å². The molecule has 4 rings (SSSR count). The molecule has 0 aliphatic carbocycles. The number of anilines is 1. The van der Waals surface area contributed by atoms with Crippen LogP contribution in [0.25, 0.3) is 10.2 Å². The number of fused-ring (bicyclic) bond motifs is 1. The Hall–Kier alpha value is -3.27. The highest BCUT2D eigenvalue weighted by molar-refractivity contribution is 7.92. The maximum Gasteiger partial charge on any atom is 0.279 e. The lowest BCUT2D eigenvalue weighted by Gasteiger charge is -2.08. The van der Waals surface area contributed by atoms with Gasteiger partial charge in [0.2, 0.25) is 0 Å². The Morgan fingerprint density at radius 3 is 2.31 bits per heavy atom. The van der Waals surface area contributed by atoms with Crippen LogP contribution in [0.5, 0.6) is 0 Å². The summed E-state index contributed by atoms with van der Waals surface area (Å²) in [7, 11) is -2.08. The van der Waals surface area contributed by atoms with E-state index in [9.17, 15) is 13.2 Å². The van der Waals surface area contributed by atoms with Crippen molar-refractivity contribution in [1.82, 2.24) is 4.57 Å². The lowest BCUT2D eigenvalue weighted by molar-refractivity contribution is 0.0997. The quantitative estimate of drug-likeness (QED) is 0.387. The van der Waals surface area contributed by atoms with Gasteiger partial charge in [-0.25, -0.2) is 8.42 Å². The molecule has 0 saturated heterocycles. The third-order valence-electron chi connectivity index (χ3n) is 5.73. The number of aryl methyl sites for hydroxylation is 3. The molecule has 1 heterocycles. The summed E-state index contributed by atoms with van der Waals surface area (Å²) in [6, 6.07) is 17.1. The fraction of sp³-hybridized carbons (Fsp3) is 0.231. The third kappa shape index (κ3) is 5.53. The third-order valence-corrected chi connectivity index (χ3v) is 8.17. The first-order valence-corrected chi connectivity index (χ1v) is 13.4. The van der Waals surface area contributed by atoms with Crippen LogP contribution >= 0.6 is 11.3 Å². The summed E-state index contributed by atoms with van der Waals surface area (Å²) in [6.45, 7) is 7.08. The molecule has 0 aliphatic rings. The molecule has 0 aliphatic heterocycles. The van der Waals surface area contributed by atoms with Crippen LogP contribution in [0.15, 0.2) is 70.6 Å². The lowest BCUT2D eigenvalue weighted by atomic mass is 10.1. The molecule has 0 fully saturated rings. The number of carbonyl (C=O) groups excluding carboxylic acids is 1. The molecule has 1 amide bonds. The minimum atomic E-state index is -3.72. The van der Waals surface area contributed by atoms with Gasteiger partial charge in [0.15, 0.2) is 4.80 Å². The second kappa shape index (κ2) is 10.2. The largest absolute Gasteiger partial charge is 0.383 e. The zero-order valence-electron chi connectivity index (χ0n) is 20.0. The number of nitrogens with one attached hydrogen (secondary N) is 1. The van der Waals surface area contributed by atoms with E-state index in [0.29, 0.717) is 29.2 Å². The average Bonchev–Trinajstić information content (AvgIpc) is 3.13. The average molecular weight is 510 g/mol. The van der Waals surface area contributed by atoms with Gasteiger partial charge in [0.25, 0.3) is 15.9 Å². The first-order chi connectivity index (χ1) is 16.7. The highest BCUT2D eigenvalue weighted by Crippen LogP contribution is 2.22. The van der Waals surface area contributed by atoms with Gasteiger partial charge in [-0.1, -0.05) is 29.0 Å². The number of rotatable bonds is 7. The first-order valence-electron chi connectivity index (χ1n) is 11.1. The van der Waals surface area contributed by atoms with Crippen molar-refractivity contribution in [1.29, 1.82) is 0 Å². The number of aromatic nitrogens is 1. The number of methoxy groups -OCH3 is 1. The van der Waals surface area contributed by atoms with Gasteiger partial charge in [0, 0.05) is 24.9 Å². The molecule has 7 nitrogen and oxygen atoms in total. The van der Waals surface area contributed by atoms with Gasteiger partial charge in [-0.05, 0) is 80.4 Å². The number of carbonyl (C=O) groups is 1. The van der Waals surface area contributed by atoms with Crippen molar-refractivity contribution in [3.8, 4) is 0 Å². The highest BCUT2D eigenvalue weighted by Gasteiger charge is 2.15. The second-order valence-corrected chi connectivity index (χ2v) is 11.0. The van der Waals surface area contributed by atoms with Crippen LogP contribution < -0.4 is 9.52 Å². The van der Waals surface area contributed by atoms with E-state index in [-0.39, 0.29) is 4.90 Å². The fourth-order valence-corrected chi connectivity index (χ4v) is 5.76. The number of hydrogen-bond donors (Lipinski definition) is 1. The second-order valence-electron chi connectivity index (χ2n) is 8.35. The van der Waals surface area contributed by atoms with Crippen molar-refractivity contribution in [2.24, 2.45) is 4.99 Å². The summed E-state index contributed by atoms with van der Waals surface area (Å²) < 4.78 is 36.1. The predicted octanol–water partition coefficient (Wildman–Crippen LogP) is 4.82. The molecule has 182 valence electrons. The van der Waals surface area contributed by atoms with Crippen molar-refractivity contribution in [2.75, 3.05) is 18.4 Å². The van der Waals surface area contributed by atoms with E-state index < -0.39 is 15.9 Å². The van der Waals surface area contributed by atoms with Gasteiger partial charge in [0.05, 0.1) is 21.7 Å². The molecule has 0 unspecified atom stereocenters. The number of ether oxygens (including phenoxy) is 1. The number of hydrogen-bond acceptors (Lipinski definition) is 5. The molecule has 0 bridgehead atoms. The van der Waals surface area contributed by atoms with Crippen LogP contribution in [0.4, 0.5) is 5.69 Å². The molecule has 1 aromatic heterocycles. The standard InChI is InChI=1S/C26H27N3O4S2/c1-17-5-11-22(12-6-17)35(31,32)28-21-9-7-20(8-10-21)25(30)27-26-29(13-14-33-4)23-15-18(2)19(3)16-24(23)34-26/h5-12,15-16,28H,13-14H2,1-4H3. The Morgan fingerprint density at radius 2 is 1.66 bits per heavy atom. The van der Waals surface area contributed by atoms with Crippen LogP contribution in [0.3, 0.4) is 0 Å². The molecule has 3 aromatic carbocycles. The minimum Gasteiger partial charge on any atom is -0.383 e. The molecular formula is C26H27N3O4S2. The topological polar surface area (TPSA) is 89.8 Å². The number of amides is 1. The van der Waals surface area contributed by atoms with E-state index in [1.54, 1.807) is 55.6 Å². The normalized spacial score (nSPS) is 12.3. The van der Waals surface area contributed by atoms with Crippen LogP contribution in [0.1, 0.15) is 27.0 Å². The summed E-state index contributed by atoms with van der Waals surface area (Å²) in [5, 5.41) is 0. The Morgan fingerprint density at radius 1 is 1.00 bits per heavy atom. The lowest BCUT2D eigenvalue weighted by Crippen LogP contribution is -2.19.